The molecule has 2 aliphatic rings. The Morgan fingerprint density at radius 2 is 1.24 bits per heavy atom. The molecule has 0 N–H and O–H groups in total. The molecule has 4 aromatic carbocycles. The lowest BCUT2D eigenvalue weighted by atomic mass is 9.92. The van der Waals surface area contributed by atoms with Crippen LogP contribution < -0.4 is 14.7 Å². The summed E-state index contributed by atoms with van der Waals surface area (Å²) in [5.74, 6) is 0.0370. The smallest absolute Gasteiger partial charge is 0.161 e. The molecule has 0 amide bonds. The Balaban J connectivity index is 1.46. The average molecular weight is 631 g/mol. The van der Waals surface area contributed by atoms with Gasteiger partial charge in [0.1, 0.15) is 0 Å². The van der Waals surface area contributed by atoms with Gasteiger partial charge in [-0.3, -0.25) is 9.59 Å². The van der Waals surface area contributed by atoms with Crippen molar-refractivity contribution in [3.63, 3.8) is 0 Å². The summed E-state index contributed by atoms with van der Waals surface area (Å²) in [5, 5.41) is 0. The Kier molecular flexibility index (Phi) is 6.36. The second-order valence-corrected chi connectivity index (χ2v) is 11.6. The number of hydrogen-bond donors (Lipinski definition) is 0. The van der Waals surface area contributed by atoms with E-state index in [4.69, 9.17) is 0 Å². The van der Waals surface area contributed by atoms with Crippen molar-refractivity contribution in [3.8, 4) is 0 Å². The molecule has 2 aliphatic heterocycles. The minimum atomic E-state index is 0.0179. The zero-order valence-electron chi connectivity index (χ0n) is 21.0. The van der Waals surface area contributed by atoms with Crippen molar-refractivity contribution < 1.29 is 9.59 Å². The fourth-order valence-electron chi connectivity index (χ4n) is 5.53. The van der Waals surface area contributed by atoms with Crippen molar-refractivity contribution in [2.75, 3.05) is 21.4 Å². The van der Waals surface area contributed by atoms with Gasteiger partial charge in [-0.25, -0.2) is 0 Å². The van der Waals surface area contributed by atoms with Crippen LogP contribution in [0.3, 0.4) is 0 Å². The van der Waals surface area contributed by atoms with E-state index in [-0.39, 0.29) is 11.6 Å². The van der Waals surface area contributed by atoms with Crippen molar-refractivity contribution >= 4 is 71.9 Å². The summed E-state index contributed by atoms with van der Waals surface area (Å²) < 4.78 is 2.06. The third-order valence-corrected chi connectivity index (χ3v) is 8.30. The van der Waals surface area contributed by atoms with Crippen LogP contribution >= 0.6 is 31.9 Å². The average Bonchev–Trinajstić information content (AvgIpc) is 2.90. The highest BCUT2D eigenvalue weighted by molar-refractivity contribution is 9.10. The number of hydrogen-bond acceptors (Lipinski definition) is 5. The lowest BCUT2D eigenvalue weighted by molar-refractivity contribution is 0.100. The van der Waals surface area contributed by atoms with E-state index in [0.717, 1.165) is 42.9 Å². The van der Waals surface area contributed by atoms with Gasteiger partial charge in [0.15, 0.2) is 11.6 Å². The molecule has 2 bridgehead atoms. The standard InChI is InChI=1S/C31H25Br2N3O2/c1-19(37)27-13-14-28(20(2)38)31-29(27)17-34-18-35(31)16-21-3-8-26(15-30(21)34)36(24-9-4-22(32)5-10-24)25-11-6-23(33)7-12-25/h3-15H,16-18H2,1-2H3. The van der Waals surface area contributed by atoms with Crippen molar-refractivity contribution in [2.45, 2.75) is 26.9 Å². The molecule has 0 saturated carbocycles. The van der Waals surface area contributed by atoms with Crippen molar-refractivity contribution in [3.05, 3.63) is 110 Å². The first kappa shape index (κ1) is 24.9. The van der Waals surface area contributed by atoms with E-state index in [0.29, 0.717) is 30.9 Å². The second kappa shape index (κ2) is 9.71. The SMILES string of the molecule is CC(=O)c1ccc(C(C)=O)c2c1CN1CN2Cc2ccc(N(c3ccc(Br)cc3)c3ccc(Br)cc3)cc21. The van der Waals surface area contributed by atoms with Crippen LogP contribution in [0.5, 0.6) is 0 Å². The Morgan fingerprint density at radius 3 is 1.82 bits per heavy atom. The van der Waals surface area contributed by atoms with Crippen LogP contribution in [0.15, 0.2) is 87.8 Å². The zero-order valence-corrected chi connectivity index (χ0v) is 24.2. The fraction of sp³-hybridized carbons (Fsp3) is 0.161. The van der Waals surface area contributed by atoms with Crippen molar-refractivity contribution in [1.82, 2.24) is 0 Å². The van der Waals surface area contributed by atoms with Gasteiger partial charge in [0.2, 0.25) is 0 Å². The number of benzene rings is 4. The van der Waals surface area contributed by atoms with Gasteiger partial charge >= 0.3 is 0 Å². The second-order valence-electron chi connectivity index (χ2n) is 9.74. The largest absolute Gasteiger partial charge is 0.349 e. The Bertz CT molecular complexity index is 1540. The summed E-state index contributed by atoms with van der Waals surface area (Å²) in [7, 11) is 0. The van der Waals surface area contributed by atoms with Gasteiger partial charge in [0.05, 0.1) is 12.4 Å². The van der Waals surface area contributed by atoms with Crippen LogP contribution in [-0.2, 0) is 13.1 Å². The topological polar surface area (TPSA) is 43.9 Å². The number of ketones is 2. The normalized spacial score (nSPS) is 13.6. The van der Waals surface area contributed by atoms with Crippen LogP contribution in [0.4, 0.5) is 28.4 Å². The summed E-state index contributed by atoms with van der Waals surface area (Å²) in [5.41, 5.74) is 8.71. The Hall–Kier alpha value is -3.42. The van der Waals surface area contributed by atoms with E-state index >= 15 is 0 Å². The van der Waals surface area contributed by atoms with Crippen molar-refractivity contribution in [2.24, 2.45) is 0 Å². The lowest BCUT2D eigenvalue weighted by Gasteiger charge is -2.46. The third kappa shape index (κ3) is 4.33. The van der Waals surface area contributed by atoms with Crippen LogP contribution in [0.1, 0.15) is 45.7 Å². The summed E-state index contributed by atoms with van der Waals surface area (Å²) in [4.78, 5) is 31.8. The molecule has 5 nitrogen and oxygen atoms in total. The highest BCUT2D eigenvalue weighted by atomic mass is 79.9. The van der Waals surface area contributed by atoms with Gasteiger partial charge in [-0.15, -0.1) is 0 Å². The molecule has 0 radical (unpaired) electrons. The maximum Gasteiger partial charge on any atom is 0.161 e. The van der Waals surface area contributed by atoms with Gasteiger partial charge in [0, 0.05) is 61.5 Å². The molecule has 190 valence electrons. The Labute approximate surface area is 238 Å². The highest BCUT2D eigenvalue weighted by Crippen LogP contribution is 2.44. The van der Waals surface area contributed by atoms with Gasteiger partial charge < -0.3 is 14.7 Å². The molecule has 0 aromatic heterocycles. The van der Waals surface area contributed by atoms with Crippen LogP contribution in [0, 0.1) is 0 Å². The molecule has 0 spiro atoms. The quantitative estimate of drug-likeness (QED) is 0.207. The first-order valence-electron chi connectivity index (χ1n) is 12.4. The van der Waals surface area contributed by atoms with Crippen molar-refractivity contribution in [1.29, 1.82) is 0 Å². The maximum atomic E-state index is 12.5. The number of carbonyl (C=O) groups is 2. The van der Waals surface area contributed by atoms with E-state index in [1.165, 1.54) is 5.56 Å². The predicted octanol–water partition coefficient (Wildman–Crippen LogP) is 8.38. The number of fused-ring (bicyclic) bond motifs is 6. The minimum Gasteiger partial charge on any atom is -0.349 e. The molecule has 0 fully saturated rings. The number of rotatable bonds is 5. The Morgan fingerprint density at radius 1 is 0.684 bits per heavy atom. The molecule has 0 aliphatic carbocycles. The van der Waals surface area contributed by atoms with Gasteiger partial charge in [-0.2, -0.15) is 0 Å². The number of anilines is 5. The monoisotopic (exact) mass is 629 g/mol. The van der Waals surface area contributed by atoms with E-state index in [1.54, 1.807) is 26.0 Å². The highest BCUT2D eigenvalue weighted by Gasteiger charge is 2.34. The molecule has 0 unspecified atom stereocenters. The molecule has 38 heavy (non-hydrogen) atoms. The van der Waals surface area contributed by atoms with Gasteiger partial charge in [0.25, 0.3) is 0 Å². The van der Waals surface area contributed by atoms with Crippen LogP contribution in [-0.4, -0.2) is 18.2 Å². The fourth-order valence-corrected chi connectivity index (χ4v) is 6.06. The van der Waals surface area contributed by atoms with Crippen LogP contribution in [0.2, 0.25) is 0 Å². The summed E-state index contributed by atoms with van der Waals surface area (Å²) in [6.07, 6.45) is 0. The number of halogens is 2. The first-order valence-corrected chi connectivity index (χ1v) is 14.0. The molecule has 6 rings (SSSR count). The van der Waals surface area contributed by atoms with E-state index in [2.05, 4.69) is 113 Å². The number of Topliss-reactive ketones (excluding diaryl/α,β-unsaturated/α-hetero) is 2. The molecular weight excluding hydrogens is 606 g/mol. The first-order chi connectivity index (χ1) is 18.3. The zero-order chi connectivity index (χ0) is 26.6. The maximum absolute atomic E-state index is 12.5. The molecule has 0 saturated heterocycles. The molecular formula is C31H25Br2N3O2. The minimum absolute atomic E-state index is 0.0179. The molecule has 4 aromatic rings. The molecule has 7 heteroatoms. The van der Waals surface area contributed by atoms with Gasteiger partial charge in [-0.1, -0.05) is 44.0 Å². The summed E-state index contributed by atoms with van der Waals surface area (Å²) in [6, 6.07) is 26.8. The summed E-state index contributed by atoms with van der Waals surface area (Å²) >= 11 is 7.11. The van der Waals surface area contributed by atoms with Gasteiger partial charge in [-0.05, 0) is 86.1 Å². The third-order valence-electron chi connectivity index (χ3n) is 7.25. The van der Waals surface area contributed by atoms with E-state index < -0.39 is 0 Å². The van der Waals surface area contributed by atoms with E-state index in [1.807, 2.05) is 0 Å². The lowest BCUT2D eigenvalue weighted by Crippen LogP contribution is -2.47. The predicted molar refractivity (Wildman–Crippen MR) is 160 cm³/mol. The van der Waals surface area contributed by atoms with Crippen LogP contribution in [0.25, 0.3) is 0 Å². The summed E-state index contributed by atoms with van der Waals surface area (Å²) in [6.45, 7) is 5.12. The molecule has 2 heterocycles. The molecule has 0 atom stereocenters. The van der Waals surface area contributed by atoms with E-state index in [9.17, 15) is 9.59 Å². The number of carbonyl (C=O) groups excluding carboxylic acids is 2. The number of nitrogens with zero attached hydrogens (tertiary/aromatic N) is 3.